The summed E-state index contributed by atoms with van der Waals surface area (Å²) in [6.45, 7) is 5.92. The highest BCUT2D eigenvalue weighted by Gasteiger charge is 2.20. The number of ether oxygens (including phenoxy) is 1. The Hall–Kier alpha value is -1.16. The number of carbonyl (C=O) groups is 2. The van der Waals surface area contributed by atoms with Crippen molar-refractivity contribution in [1.29, 1.82) is 0 Å². The first-order chi connectivity index (χ1) is 7.06. The van der Waals surface area contributed by atoms with Crippen molar-refractivity contribution >= 4 is 23.1 Å². The van der Waals surface area contributed by atoms with Crippen molar-refractivity contribution in [2.24, 2.45) is 0 Å². The van der Waals surface area contributed by atoms with E-state index in [0.717, 1.165) is 16.2 Å². The van der Waals surface area contributed by atoms with Crippen molar-refractivity contribution in [2.75, 3.05) is 6.61 Å². The van der Waals surface area contributed by atoms with Crippen molar-refractivity contribution in [3.63, 3.8) is 0 Å². The maximum atomic E-state index is 11.6. The highest BCUT2D eigenvalue weighted by molar-refractivity contribution is 7.12. The summed E-state index contributed by atoms with van der Waals surface area (Å²) in [7, 11) is 0. The molecule has 0 unspecified atom stereocenters. The van der Waals surface area contributed by atoms with Crippen molar-refractivity contribution in [3.05, 3.63) is 21.4 Å². The van der Waals surface area contributed by atoms with E-state index in [1.165, 1.54) is 11.3 Å². The Morgan fingerprint density at radius 3 is 2.53 bits per heavy atom. The molecule has 1 heterocycles. The fourth-order valence-electron chi connectivity index (χ4n) is 1.23. The smallest absolute Gasteiger partial charge is 0.379 e. The lowest BCUT2D eigenvalue weighted by Gasteiger charge is -2.00. The Kier molecular flexibility index (Phi) is 4.03. The van der Waals surface area contributed by atoms with Gasteiger partial charge in [0.15, 0.2) is 0 Å². The Morgan fingerprint density at radius 1 is 1.40 bits per heavy atom. The molecule has 0 atom stereocenters. The minimum Gasteiger partial charge on any atom is -0.460 e. The molecule has 0 saturated carbocycles. The van der Waals surface area contributed by atoms with Crippen molar-refractivity contribution in [3.8, 4) is 0 Å². The van der Waals surface area contributed by atoms with E-state index in [9.17, 15) is 9.59 Å². The number of rotatable bonds is 4. The third-order valence-electron chi connectivity index (χ3n) is 1.91. The van der Waals surface area contributed by atoms with E-state index in [2.05, 4.69) is 0 Å². The average molecular weight is 226 g/mol. The molecule has 0 amide bonds. The molecule has 1 rings (SSSR count). The SMILES string of the molecule is CCCOC(=O)C(=O)c1cc(C)sc1C. The summed E-state index contributed by atoms with van der Waals surface area (Å²) in [6.07, 6.45) is 0.723. The summed E-state index contributed by atoms with van der Waals surface area (Å²) in [5, 5.41) is 0. The zero-order chi connectivity index (χ0) is 11.4. The first-order valence-corrected chi connectivity index (χ1v) is 5.66. The third kappa shape index (κ3) is 2.89. The molecular weight excluding hydrogens is 212 g/mol. The quantitative estimate of drug-likeness (QED) is 0.450. The topological polar surface area (TPSA) is 43.4 Å². The van der Waals surface area contributed by atoms with Crippen LogP contribution in [-0.4, -0.2) is 18.4 Å². The molecule has 0 spiro atoms. The van der Waals surface area contributed by atoms with E-state index in [4.69, 9.17) is 4.74 Å². The van der Waals surface area contributed by atoms with Crippen LogP contribution in [0.25, 0.3) is 0 Å². The number of thiophene rings is 1. The highest BCUT2D eigenvalue weighted by atomic mass is 32.1. The van der Waals surface area contributed by atoms with E-state index >= 15 is 0 Å². The Labute approximate surface area is 93.1 Å². The Balaban J connectivity index is 2.76. The predicted octanol–water partition coefficient (Wildman–Crippen LogP) is 2.50. The number of carbonyl (C=O) groups excluding carboxylic acids is 2. The van der Waals surface area contributed by atoms with Gasteiger partial charge in [-0.1, -0.05) is 6.92 Å². The molecular formula is C11H14O3S. The van der Waals surface area contributed by atoms with Crippen LogP contribution in [-0.2, 0) is 9.53 Å². The van der Waals surface area contributed by atoms with Gasteiger partial charge in [-0.2, -0.15) is 0 Å². The Morgan fingerprint density at radius 2 is 2.07 bits per heavy atom. The average Bonchev–Trinajstić information content (AvgIpc) is 2.53. The van der Waals surface area contributed by atoms with Gasteiger partial charge in [0.05, 0.1) is 6.61 Å². The highest BCUT2D eigenvalue weighted by Crippen LogP contribution is 2.21. The molecule has 4 heteroatoms. The van der Waals surface area contributed by atoms with Gasteiger partial charge in [0, 0.05) is 15.3 Å². The van der Waals surface area contributed by atoms with Gasteiger partial charge in [-0.25, -0.2) is 4.79 Å². The van der Waals surface area contributed by atoms with Crippen molar-refractivity contribution in [2.45, 2.75) is 27.2 Å². The lowest BCUT2D eigenvalue weighted by Crippen LogP contribution is -2.18. The van der Waals surface area contributed by atoms with Gasteiger partial charge in [0.25, 0.3) is 5.78 Å². The fourth-order valence-corrected chi connectivity index (χ4v) is 2.15. The summed E-state index contributed by atoms with van der Waals surface area (Å²) in [5.74, 6) is -1.29. The molecule has 0 radical (unpaired) electrons. The van der Waals surface area contributed by atoms with E-state index < -0.39 is 11.8 Å². The normalized spacial score (nSPS) is 10.1. The molecule has 1 aromatic rings. The first kappa shape index (κ1) is 11.9. The second kappa shape index (κ2) is 5.07. The second-order valence-corrected chi connectivity index (χ2v) is 4.75. The van der Waals surface area contributed by atoms with Gasteiger partial charge >= 0.3 is 5.97 Å². The van der Waals surface area contributed by atoms with Gasteiger partial charge < -0.3 is 4.74 Å². The number of Topliss-reactive ketones (excluding diaryl/α,β-unsaturated/α-hetero) is 1. The second-order valence-electron chi connectivity index (χ2n) is 3.29. The van der Waals surface area contributed by atoms with Crippen LogP contribution in [0.1, 0.15) is 33.5 Å². The van der Waals surface area contributed by atoms with E-state index in [0.29, 0.717) is 12.2 Å². The van der Waals surface area contributed by atoms with Crippen LogP contribution in [0.3, 0.4) is 0 Å². The van der Waals surface area contributed by atoms with Crippen LogP contribution < -0.4 is 0 Å². The summed E-state index contributed by atoms with van der Waals surface area (Å²) in [5.41, 5.74) is 0.471. The summed E-state index contributed by atoms with van der Waals surface area (Å²) in [6, 6.07) is 1.73. The lowest BCUT2D eigenvalue weighted by molar-refractivity contribution is -0.138. The molecule has 0 aromatic carbocycles. The minimum atomic E-state index is -0.752. The maximum absolute atomic E-state index is 11.6. The van der Waals surface area contributed by atoms with Crippen LogP contribution in [0.15, 0.2) is 6.07 Å². The molecule has 0 aliphatic carbocycles. The first-order valence-electron chi connectivity index (χ1n) is 4.84. The molecule has 1 aromatic heterocycles. The Bertz CT molecular complexity index is 379. The largest absolute Gasteiger partial charge is 0.460 e. The lowest BCUT2D eigenvalue weighted by atomic mass is 10.1. The number of aryl methyl sites for hydroxylation is 2. The molecule has 3 nitrogen and oxygen atoms in total. The minimum absolute atomic E-state index is 0.298. The molecule has 0 N–H and O–H groups in total. The number of ketones is 1. The van der Waals surface area contributed by atoms with Gasteiger partial charge in [-0.3, -0.25) is 4.79 Å². The van der Waals surface area contributed by atoms with Crippen LogP contribution >= 0.6 is 11.3 Å². The molecule has 82 valence electrons. The summed E-state index contributed by atoms with van der Waals surface area (Å²) < 4.78 is 4.79. The monoisotopic (exact) mass is 226 g/mol. The molecule has 15 heavy (non-hydrogen) atoms. The molecule has 0 fully saturated rings. The van der Waals surface area contributed by atoms with E-state index in [-0.39, 0.29) is 0 Å². The van der Waals surface area contributed by atoms with Crippen LogP contribution in [0.4, 0.5) is 0 Å². The van der Waals surface area contributed by atoms with E-state index in [1.54, 1.807) is 6.07 Å². The predicted molar refractivity (Wildman–Crippen MR) is 59.4 cm³/mol. The number of hydrogen-bond acceptors (Lipinski definition) is 4. The number of hydrogen-bond donors (Lipinski definition) is 0. The maximum Gasteiger partial charge on any atom is 0.379 e. The van der Waals surface area contributed by atoms with E-state index in [1.807, 2.05) is 20.8 Å². The third-order valence-corrected chi connectivity index (χ3v) is 2.87. The van der Waals surface area contributed by atoms with Crippen LogP contribution in [0.2, 0.25) is 0 Å². The van der Waals surface area contributed by atoms with Gasteiger partial charge in [-0.05, 0) is 26.3 Å². The zero-order valence-electron chi connectivity index (χ0n) is 9.12. The molecule has 0 saturated heterocycles. The molecule has 0 aliphatic heterocycles. The zero-order valence-corrected chi connectivity index (χ0v) is 9.94. The van der Waals surface area contributed by atoms with Crippen molar-refractivity contribution < 1.29 is 14.3 Å². The summed E-state index contributed by atoms with van der Waals surface area (Å²) in [4.78, 5) is 24.8. The molecule has 0 aliphatic rings. The number of esters is 1. The van der Waals surface area contributed by atoms with Gasteiger partial charge in [0.2, 0.25) is 0 Å². The van der Waals surface area contributed by atoms with Crippen molar-refractivity contribution in [1.82, 2.24) is 0 Å². The standard InChI is InChI=1S/C11H14O3S/c1-4-5-14-11(13)10(12)9-6-7(2)15-8(9)3/h6H,4-5H2,1-3H3. The fraction of sp³-hybridized carbons (Fsp3) is 0.455. The molecule has 0 bridgehead atoms. The van der Waals surface area contributed by atoms with Gasteiger partial charge in [0.1, 0.15) is 0 Å². The van der Waals surface area contributed by atoms with Crippen LogP contribution in [0, 0.1) is 13.8 Å². The summed E-state index contributed by atoms with van der Waals surface area (Å²) >= 11 is 1.51. The van der Waals surface area contributed by atoms with Gasteiger partial charge in [-0.15, -0.1) is 11.3 Å². The van der Waals surface area contributed by atoms with Crippen LogP contribution in [0.5, 0.6) is 0 Å².